The number of carbonyl (C=O) groups excluding carboxylic acids is 1. The Kier molecular flexibility index (Phi) is 3.69. The highest BCUT2D eigenvalue weighted by atomic mass is 16.5. The molecule has 1 fully saturated rings. The van der Waals surface area contributed by atoms with E-state index in [0.717, 1.165) is 32.4 Å². The van der Waals surface area contributed by atoms with E-state index >= 15 is 0 Å². The number of nitrogens with zero attached hydrogens (tertiary/aromatic N) is 1. The minimum absolute atomic E-state index is 0.497. The van der Waals surface area contributed by atoms with Crippen LogP contribution in [0.4, 0.5) is 0 Å². The van der Waals surface area contributed by atoms with E-state index in [1.807, 2.05) is 0 Å². The van der Waals surface area contributed by atoms with Crippen LogP contribution in [0, 0.1) is 0 Å². The fraction of sp³-hybridized carbons (Fsp3) is 0.714. The number of hydrogen-bond acceptors (Lipinski definition) is 4. The summed E-state index contributed by atoms with van der Waals surface area (Å²) in [5, 5.41) is 3.22. The van der Waals surface area contributed by atoms with Gasteiger partial charge in [0.1, 0.15) is 6.73 Å². The van der Waals surface area contributed by atoms with Crippen molar-refractivity contribution in [2.24, 2.45) is 0 Å². The van der Waals surface area contributed by atoms with Crippen LogP contribution < -0.4 is 5.32 Å². The molecule has 0 aromatic rings. The van der Waals surface area contributed by atoms with E-state index in [4.69, 9.17) is 4.74 Å². The smallest absolute Gasteiger partial charge is 0.168 e. The summed E-state index contributed by atoms with van der Waals surface area (Å²) in [6.07, 6.45) is 1.06. The van der Waals surface area contributed by atoms with Gasteiger partial charge in [-0.2, -0.15) is 0 Å². The molecule has 0 bridgehead atoms. The molecule has 0 spiro atoms. The summed E-state index contributed by atoms with van der Waals surface area (Å²) in [6, 6.07) is 0. The van der Waals surface area contributed by atoms with Gasteiger partial charge in [-0.25, -0.2) is 4.79 Å². The third-order valence-electron chi connectivity index (χ3n) is 1.60. The molecular weight excluding hydrogens is 144 g/mol. The monoisotopic (exact) mass is 156 g/mol. The van der Waals surface area contributed by atoms with Crippen LogP contribution in [0.3, 0.4) is 0 Å². The van der Waals surface area contributed by atoms with Crippen molar-refractivity contribution in [2.45, 2.75) is 0 Å². The Morgan fingerprint density at radius 3 is 2.91 bits per heavy atom. The molecule has 0 aliphatic carbocycles. The lowest BCUT2D eigenvalue weighted by atomic mass is 10.4. The minimum atomic E-state index is 0.497. The molecule has 1 saturated heterocycles. The van der Waals surface area contributed by atoms with Crippen molar-refractivity contribution < 1.29 is 9.53 Å². The first-order valence-electron chi connectivity index (χ1n) is 3.67. The molecule has 4 heteroatoms. The van der Waals surface area contributed by atoms with Crippen LogP contribution in [0.2, 0.25) is 0 Å². The predicted molar refractivity (Wildman–Crippen MR) is 40.7 cm³/mol. The molecule has 0 amide bonds. The van der Waals surface area contributed by atoms with Crippen molar-refractivity contribution in [1.82, 2.24) is 10.2 Å². The van der Waals surface area contributed by atoms with Crippen LogP contribution in [0.1, 0.15) is 0 Å². The molecule has 62 valence electrons. The predicted octanol–water partition coefficient (Wildman–Crippen LogP) is -0.789. The van der Waals surface area contributed by atoms with Gasteiger partial charge in [0.05, 0.1) is 0 Å². The molecule has 1 heterocycles. The summed E-state index contributed by atoms with van der Waals surface area (Å²) in [7, 11) is 0. The lowest BCUT2D eigenvalue weighted by Crippen LogP contribution is -2.44. The first-order valence-corrected chi connectivity index (χ1v) is 3.67. The minimum Gasteiger partial charge on any atom is -0.474 e. The Morgan fingerprint density at radius 1 is 1.55 bits per heavy atom. The third kappa shape index (κ3) is 3.18. The number of piperazine rings is 1. The average Bonchev–Trinajstić information content (AvgIpc) is 2.07. The van der Waals surface area contributed by atoms with Gasteiger partial charge in [0.2, 0.25) is 0 Å². The normalized spacial score (nSPS) is 18.9. The fourth-order valence-corrected chi connectivity index (χ4v) is 1.02. The summed E-state index contributed by atoms with van der Waals surface area (Å²) >= 11 is 0. The van der Waals surface area contributed by atoms with Crippen LogP contribution in [0.5, 0.6) is 0 Å². The number of hydrogen-bond donors (Lipinski definition) is 1. The summed E-state index contributed by atoms with van der Waals surface area (Å²) in [5.74, 6) is 1.57. The highest BCUT2D eigenvalue weighted by Gasteiger charge is 2.07. The molecule has 0 aromatic carbocycles. The number of rotatable bonds is 3. The molecule has 1 N–H and O–H groups in total. The maximum absolute atomic E-state index is 9.71. The van der Waals surface area contributed by atoms with Gasteiger partial charge in [-0.05, 0) is 0 Å². The number of ether oxygens (including phenoxy) is 1. The van der Waals surface area contributed by atoms with Crippen molar-refractivity contribution in [3.63, 3.8) is 0 Å². The van der Waals surface area contributed by atoms with Crippen LogP contribution in [-0.2, 0) is 9.53 Å². The molecule has 1 aliphatic rings. The van der Waals surface area contributed by atoms with Gasteiger partial charge in [-0.1, -0.05) is 0 Å². The molecule has 1 aliphatic heterocycles. The van der Waals surface area contributed by atoms with Crippen molar-refractivity contribution in [3.05, 3.63) is 6.26 Å². The van der Waals surface area contributed by atoms with Gasteiger partial charge >= 0.3 is 0 Å². The topological polar surface area (TPSA) is 41.6 Å². The molecule has 1 rings (SSSR count). The second kappa shape index (κ2) is 4.91. The zero-order valence-corrected chi connectivity index (χ0v) is 6.38. The molecule has 0 aromatic heterocycles. The second-order valence-electron chi connectivity index (χ2n) is 2.40. The van der Waals surface area contributed by atoms with Crippen LogP contribution in [0.25, 0.3) is 0 Å². The number of nitrogens with one attached hydrogen (secondary N) is 1. The Balaban J connectivity index is 2.09. The van der Waals surface area contributed by atoms with Crippen LogP contribution in [-0.4, -0.2) is 43.8 Å². The third-order valence-corrected chi connectivity index (χ3v) is 1.60. The lowest BCUT2D eigenvalue weighted by molar-refractivity contribution is 0.0816. The van der Waals surface area contributed by atoms with E-state index in [1.54, 1.807) is 5.94 Å². The van der Waals surface area contributed by atoms with Crippen molar-refractivity contribution >= 4 is 5.94 Å². The van der Waals surface area contributed by atoms with Crippen molar-refractivity contribution in [1.29, 1.82) is 0 Å². The highest BCUT2D eigenvalue weighted by molar-refractivity contribution is 5.42. The highest BCUT2D eigenvalue weighted by Crippen LogP contribution is 1.91. The first-order chi connectivity index (χ1) is 5.43. The molecule has 0 atom stereocenters. The zero-order chi connectivity index (χ0) is 7.94. The van der Waals surface area contributed by atoms with Gasteiger partial charge in [-0.15, -0.1) is 0 Å². The average molecular weight is 156 g/mol. The Morgan fingerprint density at radius 2 is 2.27 bits per heavy atom. The molecule has 0 unspecified atom stereocenters. The first kappa shape index (κ1) is 8.27. The fourth-order valence-electron chi connectivity index (χ4n) is 1.02. The molecule has 4 nitrogen and oxygen atoms in total. The standard InChI is InChI=1S/C7H12N2O2/c10-5-6-11-7-9-3-1-8-2-4-9/h6,8H,1-4,7H2. The Hall–Kier alpha value is -0.830. The van der Waals surface area contributed by atoms with Gasteiger partial charge in [0.15, 0.2) is 12.2 Å². The van der Waals surface area contributed by atoms with Gasteiger partial charge in [0, 0.05) is 26.2 Å². The van der Waals surface area contributed by atoms with Crippen molar-refractivity contribution in [3.8, 4) is 0 Å². The van der Waals surface area contributed by atoms with E-state index in [0.29, 0.717) is 6.73 Å². The van der Waals surface area contributed by atoms with E-state index < -0.39 is 0 Å². The quantitative estimate of drug-likeness (QED) is 0.429. The lowest BCUT2D eigenvalue weighted by Gasteiger charge is -2.25. The van der Waals surface area contributed by atoms with E-state index in [2.05, 4.69) is 10.2 Å². The summed E-state index contributed by atoms with van der Waals surface area (Å²) < 4.78 is 4.87. The summed E-state index contributed by atoms with van der Waals surface area (Å²) in [6.45, 7) is 4.44. The summed E-state index contributed by atoms with van der Waals surface area (Å²) in [5.41, 5.74) is 0. The summed E-state index contributed by atoms with van der Waals surface area (Å²) in [4.78, 5) is 11.8. The van der Waals surface area contributed by atoms with Gasteiger partial charge in [-0.3, -0.25) is 4.90 Å². The van der Waals surface area contributed by atoms with E-state index in [1.165, 1.54) is 0 Å². The molecule has 11 heavy (non-hydrogen) atoms. The van der Waals surface area contributed by atoms with Crippen LogP contribution >= 0.6 is 0 Å². The zero-order valence-electron chi connectivity index (χ0n) is 6.38. The Labute approximate surface area is 65.8 Å². The largest absolute Gasteiger partial charge is 0.474 e. The molecule has 0 saturated carbocycles. The van der Waals surface area contributed by atoms with Crippen LogP contribution in [0.15, 0.2) is 6.26 Å². The maximum atomic E-state index is 9.71. The molecule has 0 radical (unpaired) electrons. The second-order valence-corrected chi connectivity index (χ2v) is 2.40. The van der Waals surface area contributed by atoms with Gasteiger partial charge < -0.3 is 10.1 Å². The molecular formula is C7H12N2O2. The maximum Gasteiger partial charge on any atom is 0.168 e. The van der Waals surface area contributed by atoms with E-state index in [-0.39, 0.29) is 0 Å². The van der Waals surface area contributed by atoms with Gasteiger partial charge in [0.25, 0.3) is 0 Å². The Bertz CT molecular complexity index is 149. The van der Waals surface area contributed by atoms with E-state index in [9.17, 15) is 4.79 Å². The van der Waals surface area contributed by atoms with Crippen molar-refractivity contribution in [2.75, 3.05) is 32.9 Å². The SMILES string of the molecule is O=C=COCN1CCNCC1.